The smallest absolute Gasteiger partial charge is 0.290 e. The quantitative estimate of drug-likeness (QED) is 0.500. The summed E-state index contributed by atoms with van der Waals surface area (Å²) in [6.45, 7) is 3.73. The summed E-state index contributed by atoms with van der Waals surface area (Å²) in [6, 6.07) is 15.5. The van der Waals surface area contributed by atoms with Crippen LogP contribution in [0.5, 0.6) is 0 Å². The number of nitrogens with two attached hydrogens (primary N) is 1. The zero-order valence-electron chi connectivity index (χ0n) is 20.1. The maximum atomic E-state index is 13.6. The van der Waals surface area contributed by atoms with Crippen LogP contribution in [0.3, 0.4) is 0 Å². The molecule has 1 saturated carbocycles. The lowest BCUT2D eigenvalue weighted by Gasteiger charge is -2.34. The molecule has 2 aromatic carbocycles. The first-order valence-electron chi connectivity index (χ1n) is 12.6. The number of rotatable bonds is 7. The molecule has 2 heterocycles. The van der Waals surface area contributed by atoms with Crippen LogP contribution in [-0.4, -0.2) is 53.0 Å². The van der Waals surface area contributed by atoms with Crippen LogP contribution >= 0.6 is 11.8 Å². The van der Waals surface area contributed by atoms with E-state index in [9.17, 15) is 9.59 Å². The monoisotopic (exact) mass is 491 g/mol. The Labute approximate surface area is 210 Å². The summed E-state index contributed by atoms with van der Waals surface area (Å²) >= 11 is 1.98. The summed E-state index contributed by atoms with van der Waals surface area (Å²) in [6.07, 6.45) is 6.53. The Hall–Kier alpha value is -2.77. The van der Waals surface area contributed by atoms with Gasteiger partial charge in [-0.15, -0.1) is 0 Å². The van der Waals surface area contributed by atoms with E-state index in [-0.39, 0.29) is 5.91 Å². The Kier molecular flexibility index (Phi) is 7.44. The van der Waals surface area contributed by atoms with Crippen molar-refractivity contribution in [2.24, 2.45) is 5.73 Å². The van der Waals surface area contributed by atoms with Crippen LogP contribution in [0.2, 0.25) is 0 Å². The number of furan rings is 1. The molecule has 1 aliphatic carbocycles. The minimum absolute atomic E-state index is 0.00547. The lowest BCUT2D eigenvalue weighted by Crippen LogP contribution is -2.48. The third-order valence-corrected chi connectivity index (χ3v) is 8.61. The largest absolute Gasteiger partial charge is 0.451 e. The molecule has 0 unspecified atom stereocenters. The average Bonchev–Trinajstić information content (AvgIpc) is 3.27. The zero-order chi connectivity index (χ0) is 24.2. The minimum atomic E-state index is -0.411. The van der Waals surface area contributed by atoms with Crippen molar-refractivity contribution in [3.05, 3.63) is 71.0 Å². The standard InChI is InChI=1S/C28H33N3O3S/c29-27(32)21-12-10-20(11-13-21)18-30-14-16-31(17-15-30)28(33)26-24(19-35-22-6-2-1-3-7-22)23-8-4-5-9-25(23)34-26/h4-5,8-13,22H,1-3,6-7,14-19H2,(H2,29,32). The van der Waals surface area contributed by atoms with Crippen LogP contribution in [0, 0.1) is 0 Å². The van der Waals surface area contributed by atoms with Crippen molar-refractivity contribution in [2.75, 3.05) is 26.2 Å². The number of benzene rings is 2. The zero-order valence-corrected chi connectivity index (χ0v) is 20.9. The maximum Gasteiger partial charge on any atom is 0.290 e. The summed E-state index contributed by atoms with van der Waals surface area (Å²) < 4.78 is 6.15. The highest BCUT2D eigenvalue weighted by atomic mass is 32.2. The van der Waals surface area contributed by atoms with Crippen molar-refractivity contribution in [1.82, 2.24) is 9.80 Å². The number of carbonyl (C=O) groups excluding carboxylic acids is 2. The van der Waals surface area contributed by atoms with Crippen LogP contribution in [0.15, 0.2) is 52.9 Å². The summed E-state index contributed by atoms with van der Waals surface area (Å²) in [5, 5.41) is 1.75. The molecule has 2 amide bonds. The summed E-state index contributed by atoms with van der Waals surface area (Å²) in [5.41, 5.74) is 8.84. The van der Waals surface area contributed by atoms with Gasteiger partial charge in [0.2, 0.25) is 5.91 Å². The second kappa shape index (κ2) is 10.9. The number of amides is 2. The Morgan fingerprint density at radius 3 is 2.37 bits per heavy atom. The Morgan fingerprint density at radius 1 is 0.943 bits per heavy atom. The molecule has 0 atom stereocenters. The van der Waals surface area contributed by atoms with Gasteiger partial charge in [0.25, 0.3) is 5.91 Å². The van der Waals surface area contributed by atoms with Gasteiger partial charge in [0.05, 0.1) is 0 Å². The molecule has 0 bridgehead atoms. The average molecular weight is 492 g/mol. The van der Waals surface area contributed by atoms with Crippen LogP contribution in [0.1, 0.15) is 64.1 Å². The van der Waals surface area contributed by atoms with E-state index in [1.807, 2.05) is 47.0 Å². The predicted octanol–water partition coefficient (Wildman–Crippen LogP) is 5.06. The van der Waals surface area contributed by atoms with Crippen molar-refractivity contribution in [2.45, 2.75) is 49.7 Å². The molecule has 35 heavy (non-hydrogen) atoms. The molecule has 184 valence electrons. The molecule has 1 aliphatic heterocycles. The van der Waals surface area contributed by atoms with Gasteiger partial charge in [-0.3, -0.25) is 14.5 Å². The van der Waals surface area contributed by atoms with Gasteiger partial charge in [-0.05, 0) is 36.6 Å². The second-order valence-corrected chi connectivity index (χ2v) is 10.9. The van der Waals surface area contributed by atoms with E-state index < -0.39 is 5.91 Å². The molecule has 2 aliphatic rings. The Balaban J connectivity index is 1.24. The Bertz CT molecular complexity index is 1180. The molecule has 7 heteroatoms. The fraction of sp³-hybridized carbons (Fsp3) is 0.429. The van der Waals surface area contributed by atoms with Gasteiger partial charge in [0.1, 0.15) is 5.58 Å². The van der Waals surface area contributed by atoms with Gasteiger partial charge >= 0.3 is 0 Å². The van der Waals surface area contributed by atoms with Crippen molar-refractivity contribution >= 4 is 34.5 Å². The number of fused-ring (bicyclic) bond motifs is 1. The van der Waals surface area contributed by atoms with Gasteiger partial charge in [0.15, 0.2) is 5.76 Å². The lowest BCUT2D eigenvalue weighted by molar-refractivity contribution is 0.0599. The third-order valence-electron chi connectivity index (χ3n) is 7.21. The third kappa shape index (κ3) is 5.57. The maximum absolute atomic E-state index is 13.6. The number of hydrogen-bond donors (Lipinski definition) is 1. The van der Waals surface area contributed by atoms with E-state index in [1.54, 1.807) is 12.1 Å². The van der Waals surface area contributed by atoms with E-state index in [4.69, 9.17) is 10.2 Å². The summed E-state index contributed by atoms with van der Waals surface area (Å²) in [4.78, 5) is 29.1. The van der Waals surface area contributed by atoms with Gasteiger partial charge in [-0.1, -0.05) is 49.6 Å². The van der Waals surface area contributed by atoms with Gasteiger partial charge < -0.3 is 15.1 Å². The SMILES string of the molecule is NC(=O)c1ccc(CN2CCN(C(=O)c3oc4ccccc4c3CSC3CCCCC3)CC2)cc1. The van der Waals surface area contributed by atoms with E-state index >= 15 is 0 Å². The highest BCUT2D eigenvalue weighted by Crippen LogP contribution is 2.35. The van der Waals surface area contributed by atoms with E-state index in [1.165, 1.54) is 32.1 Å². The molecule has 6 nitrogen and oxygen atoms in total. The number of thioether (sulfide) groups is 1. The number of primary amides is 1. The number of nitrogens with zero attached hydrogens (tertiary/aromatic N) is 2. The second-order valence-electron chi connectivity index (χ2n) is 9.61. The van der Waals surface area contributed by atoms with Crippen LogP contribution in [0.25, 0.3) is 11.0 Å². The van der Waals surface area contributed by atoms with Crippen LogP contribution < -0.4 is 5.73 Å². The van der Waals surface area contributed by atoms with E-state index in [0.29, 0.717) is 29.7 Å². The molecule has 2 fully saturated rings. The normalized spacial score (nSPS) is 17.7. The first-order valence-corrected chi connectivity index (χ1v) is 13.7. The molecule has 3 aromatic rings. The fourth-order valence-corrected chi connectivity index (χ4v) is 6.49. The number of hydrogen-bond acceptors (Lipinski definition) is 5. The first kappa shape index (κ1) is 23.9. The molecule has 5 rings (SSSR count). The lowest BCUT2D eigenvalue weighted by atomic mass is 10.0. The van der Waals surface area contributed by atoms with Crippen LogP contribution in [0.4, 0.5) is 0 Å². The van der Waals surface area contributed by atoms with Gasteiger partial charge in [-0.25, -0.2) is 0 Å². The molecule has 0 spiro atoms. The summed E-state index contributed by atoms with van der Waals surface area (Å²) in [7, 11) is 0. The molecule has 1 saturated heterocycles. The van der Waals surface area contributed by atoms with Crippen molar-refractivity contribution < 1.29 is 14.0 Å². The number of para-hydroxylation sites is 1. The van der Waals surface area contributed by atoms with Crippen molar-refractivity contribution in [3.63, 3.8) is 0 Å². The molecule has 0 radical (unpaired) electrons. The molecular weight excluding hydrogens is 458 g/mol. The predicted molar refractivity (Wildman–Crippen MR) is 141 cm³/mol. The highest BCUT2D eigenvalue weighted by molar-refractivity contribution is 7.99. The fourth-order valence-electron chi connectivity index (χ4n) is 5.13. The number of piperazine rings is 1. The molecule has 1 aromatic heterocycles. The topological polar surface area (TPSA) is 79.8 Å². The van der Waals surface area contributed by atoms with Gasteiger partial charge in [-0.2, -0.15) is 11.8 Å². The number of carbonyl (C=O) groups is 2. The highest BCUT2D eigenvalue weighted by Gasteiger charge is 2.28. The molecule has 2 N–H and O–H groups in total. The van der Waals surface area contributed by atoms with Crippen molar-refractivity contribution in [3.8, 4) is 0 Å². The van der Waals surface area contributed by atoms with Crippen LogP contribution in [-0.2, 0) is 12.3 Å². The van der Waals surface area contributed by atoms with Crippen molar-refractivity contribution in [1.29, 1.82) is 0 Å². The van der Waals surface area contributed by atoms with E-state index in [2.05, 4.69) is 11.0 Å². The van der Waals surface area contributed by atoms with Gasteiger partial charge in [0, 0.05) is 60.2 Å². The Morgan fingerprint density at radius 2 is 1.66 bits per heavy atom. The first-order chi connectivity index (χ1) is 17.1. The van der Waals surface area contributed by atoms with E-state index in [0.717, 1.165) is 47.5 Å². The molecular formula is C28H33N3O3S. The minimum Gasteiger partial charge on any atom is -0.451 e. The summed E-state index contributed by atoms with van der Waals surface area (Å²) in [5.74, 6) is 0.936.